The fraction of sp³-hybridized carbons (Fsp3) is 0.167. The van der Waals surface area contributed by atoms with Crippen LogP contribution in [0.2, 0.25) is 0 Å². The molecule has 0 radical (unpaired) electrons. The predicted molar refractivity (Wildman–Crippen MR) is 69.1 cm³/mol. The standard InChI is InChI=1S/C12H12N4O4/c13-11-10(14-20-15-11)12(19)16(7-6-9(17)18)8-4-2-1-3-5-8/h1-5H,6-7H2,(H2,13,15)(H,17,18). The number of benzene rings is 1. The number of aromatic nitrogens is 2. The number of amides is 1. The monoisotopic (exact) mass is 276 g/mol. The number of nitrogens with zero attached hydrogens (tertiary/aromatic N) is 3. The second kappa shape index (κ2) is 5.83. The summed E-state index contributed by atoms with van der Waals surface area (Å²) in [5.74, 6) is -1.70. The van der Waals surface area contributed by atoms with Crippen LogP contribution in [0.3, 0.4) is 0 Å². The molecule has 1 aromatic heterocycles. The van der Waals surface area contributed by atoms with Gasteiger partial charge in [0.1, 0.15) is 0 Å². The van der Waals surface area contributed by atoms with Gasteiger partial charge in [-0.2, -0.15) is 0 Å². The van der Waals surface area contributed by atoms with Crippen LogP contribution in [-0.2, 0) is 4.79 Å². The van der Waals surface area contributed by atoms with E-state index >= 15 is 0 Å². The average Bonchev–Trinajstić information content (AvgIpc) is 2.86. The number of carboxylic acids is 1. The third-order valence-electron chi connectivity index (χ3n) is 2.58. The van der Waals surface area contributed by atoms with Crippen molar-refractivity contribution in [2.45, 2.75) is 6.42 Å². The number of rotatable bonds is 5. The zero-order chi connectivity index (χ0) is 14.5. The molecule has 104 valence electrons. The number of hydrogen-bond donors (Lipinski definition) is 2. The minimum Gasteiger partial charge on any atom is -0.481 e. The Morgan fingerprint density at radius 1 is 1.25 bits per heavy atom. The SMILES string of the molecule is Nc1nonc1C(=O)N(CCC(=O)O)c1ccccc1. The van der Waals surface area contributed by atoms with E-state index in [1.165, 1.54) is 4.90 Å². The highest BCUT2D eigenvalue weighted by molar-refractivity contribution is 6.07. The molecule has 3 N–H and O–H groups in total. The molecule has 1 aromatic carbocycles. The van der Waals surface area contributed by atoms with Gasteiger partial charge in [-0.15, -0.1) is 0 Å². The van der Waals surface area contributed by atoms with E-state index in [4.69, 9.17) is 10.8 Å². The van der Waals surface area contributed by atoms with Gasteiger partial charge in [0.2, 0.25) is 11.5 Å². The van der Waals surface area contributed by atoms with E-state index in [0.717, 1.165) is 0 Å². The van der Waals surface area contributed by atoms with Crippen LogP contribution in [0.4, 0.5) is 11.5 Å². The number of carboxylic acid groups (broad SMARTS) is 1. The summed E-state index contributed by atoms with van der Waals surface area (Å²) < 4.78 is 4.39. The van der Waals surface area contributed by atoms with Crippen molar-refractivity contribution in [3.05, 3.63) is 36.0 Å². The van der Waals surface area contributed by atoms with Gasteiger partial charge in [0.15, 0.2) is 0 Å². The van der Waals surface area contributed by atoms with Gasteiger partial charge < -0.3 is 15.7 Å². The Hall–Kier alpha value is -2.90. The number of hydrogen-bond acceptors (Lipinski definition) is 6. The highest BCUT2D eigenvalue weighted by Gasteiger charge is 2.24. The zero-order valence-electron chi connectivity index (χ0n) is 10.4. The zero-order valence-corrected chi connectivity index (χ0v) is 10.4. The molecule has 1 amide bonds. The van der Waals surface area contributed by atoms with Crippen molar-refractivity contribution in [2.24, 2.45) is 0 Å². The molecule has 1 heterocycles. The lowest BCUT2D eigenvalue weighted by Gasteiger charge is -2.20. The van der Waals surface area contributed by atoms with E-state index in [2.05, 4.69) is 14.9 Å². The van der Waals surface area contributed by atoms with E-state index in [-0.39, 0.29) is 24.5 Å². The summed E-state index contributed by atoms with van der Waals surface area (Å²) in [6.07, 6.45) is -0.203. The molecule has 0 aliphatic rings. The van der Waals surface area contributed by atoms with E-state index in [1.54, 1.807) is 30.3 Å². The normalized spacial score (nSPS) is 10.2. The fourth-order valence-corrected chi connectivity index (χ4v) is 1.63. The predicted octanol–water partition coefficient (Wildman–Crippen LogP) is 0.773. The topological polar surface area (TPSA) is 123 Å². The number of anilines is 2. The number of para-hydroxylation sites is 1. The molecular formula is C12H12N4O4. The second-order valence-electron chi connectivity index (χ2n) is 3.93. The van der Waals surface area contributed by atoms with E-state index < -0.39 is 11.9 Å². The Kier molecular flexibility index (Phi) is 3.94. The molecule has 8 heteroatoms. The lowest BCUT2D eigenvalue weighted by Crippen LogP contribution is -2.33. The minimum absolute atomic E-state index is 0.00944. The van der Waals surface area contributed by atoms with Crippen LogP contribution in [0.15, 0.2) is 35.0 Å². The number of carbonyl (C=O) groups excluding carboxylic acids is 1. The summed E-state index contributed by atoms with van der Waals surface area (Å²) >= 11 is 0. The Bertz CT molecular complexity index is 611. The lowest BCUT2D eigenvalue weighted by molar-refractivity contribution is -0.136. The van der Waals surface area contributed by atoms with Crippen molar-refractivity contribution < 1.29 is 19.3 Å². The molecular weight excluding hydrogens is 264 g/mol. The first-order valence-electron chi connectivity index (χ1n) is 5.76. The molecule has 20 heavy (non-hydrogen) atoms. The highest BCUT2D eigenvalue weighted by Crippen LogP contribution is 2.18. The van der Waals surface area contributed by atoms with Gasteiger partial charge in [-0.3, -0.25) is 9.59 Å². The van der Waals surface area contributed by atoms with Crippen LogP contribution < -0.4 is 10.6 Å². The van der Waals surface area contributed by atoms with Crippen LogP contribution >= 0.6 is 0 Å². The quantitative estimate of drug-likeness (QED) is 0.826. The Morgan fingerprint density at radius 3 is 2.50 bits per heavy atom. The van der Waals surface area contributed by atoms with Gasteiger partial charge >= 0.3 is 5.97 Å². The van der Waals surface area contributed by atoms with Crippen LogP contribution in [0.1, 0.15) is 16.9 Å². The lowest BCUT2D eigenvalue weighted by atomic mass is 10.2. The van der Waals surface area contributed by atoms with Crippen molar-refractivity contribution in [3.63, 3.8) is 0 Å². The van der Waals surface area contributed by atoms with Gasteiger partial charge in [-0.1, -0.05) is 18.2 Å². The first kappa shape index (κ1) is 13.5. The molecule has 0 unspecified atom stereocenters. The third-order valence-corrected chi connectivity index (χ3v) is 2.58. The first-order valence-corrected chi connectivity index (χ1v) is 5.76. The van der Waals surface area contributed by atoms with Crippen LogP contribution in [0, 0.1) is 0 Å². The van der Waals surface area contributed by atoms with E-state index in [9.17, 15) is 9.59 Å². The van der Waals surface area contributed by atoms with Crippen molar-refractivity contribution in [3.8, 4) is 0 Å². The Labute approximate surface area is 113 Å². The number of nitrogen functional groups attached to an aromatic ring is 1. The number of carbonyl (C=O) groups is 2. The molecule has 0 atom stereocenters. The summed E-state index contributed by atoms with van der Waals surface area (Å²) in [7, 11) is 0. The smallest absolute Gasteiger partial charge is 0.305 e. The van der Waals surface area contributed by atoms with Crippen LogP contribution in [0.5, 0.6) is 0 Å². The maximum absolute atomic E-state index is 12.3. The number of aliphatic carboxylic acids is 1. The van der Waals surface area contributed by atoms with Gasteiger partial charge in [0.25, 0.3) is 5.91 Å². The summed E-state index contributed by atoms with van der Waals surface area (Å²) in [4.78, 5) is 24.3. The molecule has 2 rings (SSSR count). The summed E-state index contributed by atoms with van der Waals surface area (Å²) in [5.41, 5.74) is 5.89. The van der Waals surface area contributed by atoms with Gasteiger partial charge in [-0.05, 0) is 22.4 Å². The number of nitrogens with two attached hydrogens (primary N) is 1. The molecule has 0 spiro atoms. The van der Waals surface area contributed by atoms with Crippen molar-refractivity contribution >= 4 is 23.4 Å². The van der Waals surface area contributed by atoms with E-state index in [0.29, 0.717) is 5.69 Å². The maximum Gasteiger partial charge on any atom is 0.305 e. The summed E-state index contributed by atoms with van der Waals surface area (Å²) in [6.45, 7) is -0.00944. The largest absolute Gasteiger partial charge is 0.481 e. The molecule has 0 aliphatic heterocycles. The van der Waals surface area contributed by atoms with Crippen LogP contribution in [-0.4, -0.2) is 33.8 Å². The summed E-state index contributed by atoms with van der Waals surface area (Å²) in [6, 6.07) is 8.63. The molecule has 2 aromatic rings. The highest BCUT2D eigenvalue weighted by atomic mass is 16.6. The molecule has 0 saturated carbocycles. The van der Waals surface area contributed by atoms with Gasteiger partial charge in [0.05, 0.1) is 6.42 Å². The second-order valence-corrected chi connectivity index (χ2v) is 3.93. The van der Waals surface area contributed by atoms with Gasteiger partial charge in [0, 0.05) is 12.2 Å². The van der Waals surface area contributed by atoms with Crippen LogP contribution in [0.25, 0.3) is 0 Å². The fourth-order valence-electron chi connectivity index (χ4n) is 1.63. The van der Waals surface area contributed by atoms with E-state index in [1.807, 2.05) is 0 Å². The van der Waals surface area contributed by atoms with Crippen molar-refractivity contribution in [1.82, 2.24) is 10.3 Å². The van der Waals surface area contributed by atoms with Crippen molar-refractivity contribution in [2.75, 3.05) is 17.2 Å². The molecule has 0 saturated heterocycles. The first-order chi connectivity index (χ1) is 9.59. The molecule has 0 fully saturated rings. The maximum atomic E-state index is 12.3. The minimum atomic E-state index is -1.01. The average molecular weight is 276 g/mol. The molecule has 0 aliphatic carbocycles. The molecule has 8 nitrogen and oxygen atoms in total. The molecule has 0 bridgehead atoms. The summed E-state index contributed by atoms with van der Waals surface area (Å²) in [5, 5.41) is 15.5. The third kappa shape index (κ3) is 2.91. The van der Waals surface area contributed by atoms with Gasteiger partial charge in [-0.25, -0.2) is 4.63 Å². The van der Waals surface area contributed by atoms with Crippen molar-refractivity contribution in [1.29, 1.82) is 0 Å². The Morgan fingerprint density at radius 2 is 1.95 bits per heavy atom. The Balaban J connectivity index is 2.29.